The van der Waals surface area contributed by atoms with Gasteiger partial charge in [0.2, 0.25) is 0 Å². The van der Waals surface area contributed by atoms with Crippen molar-refractivity contribution in [3.05, 3.63) is 54.2 Å². The lowest BCUT2D eigenvalue weighted by atomic mass is 10.3. The molecule has 1 amide bonds. The fraction of sp³-hybridized carbons (Fsp3) is 0.267. The molecule has 0 radical (unpaired) electrons. The number of rotatable bonds is 4. The number of aryl methyl sites for hydroxylation is 1. The molecule has 0 fully saturated rings. The van der Waals surface area contributed by atoms with Crippen LogP contribution in [0.2, 0.25) is 0 Å². The van der Waals surface area contributed by atoms with Crippen LogP contribution in [0, 0.1) is 0 Å². The van der Waals surface area contributed by atoms with Crippen molar-refractivity contribution in [2.24, 2.45) is 0 Å². The fourth-order valence-corrected chi connectivity index (χ4v) is 2.23. The minimum atomic E-state index is -0.0979. The van der Waals surface area contributed by atoms with E-state index in [1.54, 1.807) is 22.7 Å². The molecule has 0 aromatic carbocycles. The van der Waals surface area contributed by atoms with Crippen molar-refractivity contribution in [2.45, 2.75) is 20.0 Å². The lowest BCUT2D eigenvalue weighted by molar-refractivity contribution is 0.0777. The molecule has 3 aromatic rings. The van der Waals surface area contributed by atoms with Gasteiger partial charge in [-0.25, -0.2) is 4.98 Å². The highest BCUT2D eigenvalue weighted by atomic mass is 16.2. The summed E-state index contributed by atoms with van der Waals surface area (Å²) in [7, 11) is 1.76. The zero-order valence-electron chi connectivity index (χ0n) is 12.1. The van der Waals surface area contributed by atoms with Gasteiger partial charge in [-0.3, -0.25) is 9.48 Å². The molecule has 0 aliphatic carbocycles. The van der Waals surface area contributed by atoms with E-state index >= 15 is 0 Å². The lowest BCUT2D eigenvalue weighted by Crippen LogP contribution is -2.26. The van der Waals surface area contributed by atoms with Crippen LogP contribution < -0.4 is 0 Å². The maximum Gasteiger partial charge on any atom is 0.274 e. The average Bonchev–Trinajstić information content (AvgIpc) is 3.12. The molecule has 3 heterocycles. The first-order valence-electron chi connectivity index (χ1n) is 6.89. The van der Waals surface area contributed by atoms with Crippen molar-refractivity contribution in [1.29, 1.82) is 0 Å². The zero-order valence-corrected chi connectivity index (χ0v) is 12.1. The summed E-state index contributed by atoms with van der Waals surface area (Å²) in [6.45, 7) is 3.20. The lowest BCUT2D eigenvalue weighted by Gasteiger charge is -2.13. The quantitative estimate of drug-likeness (QED) is 0.734. The van der Waals surface area contributed by atoms with Crippen LogP contribution in [0.1, 0.15) is 23.1 Å². The van der Waals surface area contributed by atoms with Crippen molar-refractivity contribution >= 4 is 11.6 Å². The Bertz CT molecular complexity index is 740. The molecule has 21 heavy (non-hydrogen) atoms. The van der Waals surface area contributed by atoms with Crippen LogP contribution in [0.4, 0.5) is 0 Å². The number of imidazole rings is 1. The normalized spacial score (nSPS) is 11.0. The number of carbonyl (C=O) groups excluding carboxylic acids is 1. The van der Waals surface area contributed by atoms with Crippen LogP contribution in [-0.2, 0) is 13.1 Å². The Morgan fingerprint density at radius 3 is 2.86 bits per heavy atom. The van der Waals surface area contributed by atoms with E-state index in [0.717, 1.165) is 17.9 Å². The third-order valence-corrected chi connectivity index (χ3v) is 3.34. The predicted octanol–water partition coefficient (Wildman–Crippen LogP) is 1.82. The highest BCUT2D eigenvalue weighted by Crippen LogP contribution is 2.09. The van der Waals surface area contributed by atoms with Crippen molar-refractivity contribution in [1.82, 2.24) is 24.1 Å². The summed E-state index contributed by atoms with van der Waals surface area (Å²) in [5.74, 6) is -0.0979. The molecular formula is C15H17N5O. The molecule has 108 valence electrons. The van der Waals surface area contributed by atoms with E-state index in [0.29, 0.717) is 12.2 Å². The second-order valence-corrected chi connectivity index (χ2v) is 4.92. The van der Waals surface area contributed by atoms with Gasteiger partial charge in [-0.2, -0.15) is 5.10 Å². The molecular weight excluding hydrogens is 266 g/mol. The Morgan fingerprint density at radius 1 is 1.29 bits per heavy atom. The second kappa shape index (κ2) is 5.40. The van der Waals surface area contributed by atoms with Crippen molar-refractivity contribution in [2.75, 3.05) is 7.05 Å². The topological polar surface area (TPSA) is 55.4 Å². The Morgan fingerprint density at radius 2 is 2.14 bits per heavy atom. The number of fused-ring (bicyclic) bond motifs is 1. The van der Waals surface area contributed by atoms with E-state index in [-0.39, 0.29) is 5.91 Å². The van der Waals surface area contributed by atoms with Gasteiger partial charge in [0.05, 0.1) is 12.2 Å². The van der Waals surface area contributed by atoms with E-state index < -0.39 is 0 Å². The largest absolute Gasteiger partial charge is 0.334 e. The predicted molar refractivity (Wildman–Crippen MR) is 78.9 cm³/mol. The summed E-state index contributed by atoms with van der Waals surface area (Å²) in [5.41, 5.74) is 2.19. The van der Waals surface area contributed by atoms with Gasteiger partial charge in [-0.1, -0.05) is 6.07 Å². The Kier molecular flexibility index (Phi) is 3.43. The fourth-order valence-electron chi connectivity index (χ4n) is 2.23. The van der Waals surface area contributed by atoms with Gasteiger partial charge in [0.15, 0.2) is 0 Å². The highest BCUT2D eigenvalue weighted by Gasteiger charge is 2.16. The summed E-state index contributed by atoms with van der Waals surface area (Å²) < 4.78 is 3.69. The van der Waals surface area contributed by atoms with Gasteiger partial charge in [-0.05, 0) is 25.1 Å². The molecule has 0 unspecified atom stereocenters. The summed E-state index contributed by atoms with van der Waals surface area (Å²) in [5, 5.41) is 4.23. The minimum Gasteiger partial charge on any atom is -0.334 e. The van der Waals surface area contributed by atoms with Crippen molar-refractivity contribution in [3.8, 4) is 0 Å². The monoisotopic (exact) mass is 283 g/mol. The Labute approximate surface area is 122 Å². The standard InChI is InChI=1S/C15H17N5O/c1-3-20-9-7-13(17-20)15(21)18(2)10-12-11-19-8-5-4-6-14(19)16-12/h4-9,11H,3,10H2,1-2H3. The van der Waals surface area contributed by atoms with Gasteiger partial charge in [0.25, 0.3) is 5.91 Å². The zero-order chi connectivity index (χ0) is 14.8. The SMILES string of the molecule is CCn1ccc(C(=O)N(C)Cc2cn3ccccc3n2)n1. The average molecular weight is 283 g/mol. The smallest absolute Gasteiger partial charge is 0.274 e. The molecule has 0 bridgehead atoms. The summed E-state index contributed by atoms with van der Waals surface area (Å²) in [6.07, 6.45) is 5.69. The maximum atomic E-state index is 12.3. The summed E-state index contributed by atoms with van der Waals surface area (Å²) >= 11 is 0. The van der Waals surface area contributed by atoms with Gasteiger partial charge in [0.1, 0.15) is 11.3 Å². The first kappa shape index (κ1) is 13.4. The number of hydrogen-bond donors (Lipinski definition) is 0. The van der Waals surface area contributed by atoms with Gasteiger partial charge in [0, 0.05) is 32.2 Å². The molecule has 0 aliphatic heterocycles. The van der Waals surface area contributed by atoms with Gasteiger partial charge >= 0.3 is 0 Å². The number of carbonyl (C=O) groups is 1. The molecule has 0 aliphatic rings. The maximum absolute atomic E-state index is 12.3. The third-order valence-electron chi connectivity index (χ3n) is 3.34. The van der Waals surface area contributed by atoms with E-state index in [1.165, 1.54) is 0 Å². The Balaban J connectivity index is 1.75. The molecule has 0 saturated carbocycles. The molecule has 0 saturated heterocycles. The molecule has 0 spiro atoms. The van der Waals surface area contributed by atoms with E-state index in [1.807, 2.05) is 48.1 Å². The van der Waals surface area contributed by atoms with Crippen LogP contribution >= 0.6 is 0 Å². The van der Waals surface area contributed by atoms with Gasteiger partial charge in [-0.15, -0.1) is 0 Å². The van der Waals surface area contributed by atoms with E-state index in [9.17, 15) is 4.79 Å². The number of pyridine rings is 1. The van der Waals surface area contributed by atoms with Crippen molar-refractivity contribution < 1.29 is 4.79 Å². The third kappa shape index (κ3) is 2.65. The van der Waals surface area contributed by atoms with Crippen LogP contribution in [0.25, 0.3) is 5.65 Å². The number of aromatic nitrogens is 4. The Hall–Kier alpha value is -2.63. The van der Waals surface area contributed by atoms with Crippen LogP contribution in [-0.4, -0.2) is 37.0 Å². The van der Waals surface area contributed by atoms with Crippen LogP contribution in [0.3, 0.4) is 0 Å². The van der Waals surface area contributed by atoms with E-state index in [4.69, 9.17) is 0 Å². The van der Waals surface area contributed by atoms with Crippen LogP contribution in [0.15, 0.2) is 42.9 Å². The van der Waals surface area contributed by atoms with Crippen LogP contribution in [0.5, 0.6) is 0 Å². The van der Waals surface area contributed by atoms with Gasteiger partial charge < -0.3 is 9.30 Å². The number of amides is 1. The number of nitrogens with zero attached hydrogens (tertiary/aromatic N) is 5. The first-order chi connectivity index (χ1) is 10.2. The summed E-state index contributed by atoms with van der Waals surface area (Å²) in [6, 6.07) is 7.57. The minimum absolute atomic E-state index is 0.0979. The number of hydrogen-bond acceptors (Lipinski definition) is 3. The highest BCUT2D eigenvalue weighted by molar-refractivity contribution is 5.91. The molecule has 6 heteroatoms. The molecule has 3 aromatic heterocycles. The second-order valence-electron chi connectivity index (χ2n) is 4.92. The summed E-state index contributed by atoms with van der Waals surface area (Å²) in [4.78, 5) is 18.4. The van der Waals surface area contributed by atoms with E-state index in [2.05, 4.69) is 10.1 Å². The molecule has 6 nitrogen and oxygen atoms in total. The first-order valence-corrected chi connectivity index (χ1v) is 6.89. The molecule has 3 rings (SSSR count). The molecule has 0 N–H and O–H groups in total. The van der Waals surface area contributed by atoms with Crippen molar-refractivity contribution in [3.63, 3.8) is 0 Å². The molecule has 0 atom stereocenters.